The van der Waals surface area contributed by atoms with Gasteiger partial charge in [0.25, 0.3) is 5.56 Å². The van der Waals surface area contributed by atoms with Gasteiger partial charge in [-0.15, -0.1) is 0 Å². The summed E-state index contributed by atoms with van der Waals surface area (Å²) < 4.78 is 7.52. The van der Waals surface area contributed by atoms with Gasteiger partial charge in [0.05, 0.1) is 13.2 Å². The Kier molecular flexibility index (Phi) is 6.07. The molecule has 1 N–H and O–H groups in total. The van der Waals surface area contributed by atoms with Crippen molar-refractivity contribution in [3.63, 3.8) is 0 Å². The minimum atomic E-state index is -0.0822. The van der Waals surface area contributed by atoms with Gasteiger partial charge in [-0.3, -0.25) is 4.79 Å². The van der Waals surface area contributed by atoms with Crippen molar-refractivity contribution < 1.29 is 9.53 Å². The van der Waals surface area contributed by atoms with Crippen molar-refractivity contribution in [2.45, 2.75) is 26.0 Å². The van der Waals surface area contributed by atoms with Crippen molar-refractivity contribution in [1.82, 2.24) is 14.8 Å². The van der Waals surface area contributed by atoms with Crippen molar-refractivity contribution in [2.24, 2.45) is 0 Å². The summed E-state index contributed by atoms with van der Waals surface area (Å²) >= 11 is 0. The van der Waals surface area contributed by atoms with Crippen molar-refractivity contribution in [2.75, 3.05) is 26.2 Å². The van der Waals surface area contributed by atoms with Gasteiger partial charge in [-0.25, -0.2) is 4.79 Å². The normalized spacial score (nSPS) is 17.1. The number of ether oxygens (including phenoxy) is 1. The highest BCUT2D eigenvalue weighted by Gasteiger charge is 2.24. The third kappa shape index (κ3) is 4.52. The van der Waals surface area contributed by atoms with Crippen LogP contribution in [0.3, 0.4) is 0 Å². The van der Waals surface area contributed by atoms with Crippen molar-refractivity contribution in [3.8, 4) is 0 Å². The zero-order valence-corrected chi connectivity index (χ0v) is 15.1. The molecule has 138 valence electrons. The molecule has 0 bridgehead atoms. The molecule has 6 nitrogen and oxygen atoms in total. The Hall–Kier alpha value is -2.60. The maximum atomic E-state index is 12.4. The number of aromatic nitrogens is 1. The van der Waals surface area contributed by atoms with Gasteiger partial charge < -0.3 is 19.5 Å². The van der Waals surface area contributed by atoms with E-state index >= 15 is 0 Å². The number of benzene rings is 1. The average molecular weight is 355 g/mol. The van der Waals surface area contributed by atoms with Crippen molar-refractivity contribution >= 4 is 6.03 Å². The fourth-order valence-corrected chi connectivity index (χ4v) is 3.16. The number of rotatable bonds is 5. The monoisotopic (exact) mass is 355 g/mol. The van der Waals surface area contributed by atoms with Gasteiger partial charge in [-0.05, 0) is 25.0 Å². The summed E-state index contributed by atoms with van der Waals surface area (Å²) in [6.45, 7) is 4.72. The molecule has 0 spiro atoms. The quantitative estimate of drug-likeness (QED) is 0.838. The lowest BCUT2D eigenvalue weighted by Gasteiger charge is -2.33. The van der Waals surface area contributed by atoms with Gasteiger partial charge in [0, 0.05) is 31.4 Å². The van der Waals surface area contributed by atoms with E-state index in [4.69, 9.17) is 4.74 Å². The summed E-state index contributed by atoms with van der Waals surface area (Å²) in [5.74, 6) is 0. The molecule has 0 radical (unpaired) electrons. The van der Waals surface area contributed by atoms with Crippen LogP contribution in [0.25, 0.3) is 0 Å². The van der Waals surface area contributed by atoms with Crippen LogP contribution >= 0.6 is 0 Å². The second-order valence-electron chi connectivity index (χ2n) is 6.46. The van der Waals surface area contributed by atoms with Crippen LogP contribution in [-0.2, 0) is 11.3 Å². The van der Waals surface area contributed by atoms with Gasteiger partial charge in [0.15, 0.2) is 0 Å². The molecule has 0 unspecified atom stereocenters. The Morgan fingerprint density at radius 2 is 2.00 bits per heavy atom. The summed E-state index contributed by atoms with van der Waals surface area (Å²) in [6.07, 6.45) is 0.629. The number of nitrogens with zero attached hydrogens (tertiary/aromatic N) is 2. The molecule has 1 saturated heterocycles. The van der Waals surface area contributed by atoms with E-state index in [0.29, 0.717) is 39.2 Å². The first-order valence-corrected chi connectivity index (χ1v) is 9.01. The van der Waals surface area contributed by atoms with Crippen LogP contribution in [0.15, 0.2) is 53.3 Å². The number of hydrogen-bond acceptors (Lipinski definition) is 3. The Labute approximate surface area is 153 Å². The van der Waals surface area contributed by atoms with Crippen LogP contribution in [0.1, 0.15) is 23.8 Å². The van der Waals surface area contributed by atoms with Crippen molar-refractivity contribution in [1.29, 1.82) is 0 Å². The largest absolute Gasteiger partial charge is 0.370 e. The highest BCUT2D eigenvalue weighted by atomic mass is 16.5. The second kappa shape index (κ2) is 8.67. The van der Waals surface area contributed by atoms with E-state index in [1.165, 1.54) is 0 Å². The van der Waals surface area contributed by atoms with E-state index in [2.05, 4.69) is 5.32 Å². The van der Waals surface area contributed by atoms with Gasteiger partial charge in [-0.1, -0.05) is 36.4 Å². The predicted octanol–water partition coefficient (Wildman–Crippen LogP) is 2.33. The minimum Gasteiger partial charge on any atom is -0.370 e. The Balaban J connectivity index is 1.47. The fraction of sp³-hybridized carbons (Fsp3) is 0.400. The first-order valence-electron chi connectivity index (χ1n) is 9.01. The van der Waals surface area contributed by atoms with Gasteiger partial charge >= 0.3 is 6.03 Å². The fourth-order valence-electron chi connectivity index (χ4n) is 3.16. The van der Waals surface area contributed by atoms with Gasteiger partial charge in [0.1, 0.15) is 6.10 Å². The van der Waals surface area contributed by atoms with Crippen LogP contribution in [0.2, 0.25) is 0 Å². The summed E-state index contributed by atoms with van der Waals surface area (Å²) in [6, 6.07) is 15.1. The molecule has 2 aromatic rings. The summed E-state index contributed by atoms with van der Waals surface area (Å²) in [4.78, 5) is 26.0. The first kappa shape index (κ1) is 18.2. The number of hydrogen-bond donors (Lipinski definition) is 1. The topological polar surface area (TPSA) is 63.6 Å². The molecule has 2 amide bonds. The third-order valence-corrected chi connectivity index (χ3v) is 4.63. The van der Waals surface area contributed by atoms with E-state index in [1.807, 2.05) is 43.3 Å². The van der Waals surface area contributed by atoms with E-state index < -0.39 is 0 Å². The number of carbonyl (C=O) groups is 1. The van der Waals surface area contributed by atoms with Crippen LogP contribution in [0.4, 0.5) is 4.79 Å². The number of nitrogens with one attached hydrogen (secondary N) is 1. The number of urea groups is 1. The Morgan fingerprint density at radius 1 is 1.19 bits per heavy atom. The summed E-state index contributed by atoms with van der Waals surface area (Å²) in [5, 5.41) is 2.95. The molecule has 1 aliphatic heterocycles. The maximum Gasteiger partial charge on any atom is 0.317 e. The predicted molar refractivity (Wildman–Crippen MR) is 100 cm³/mol. The number of aryl methyl sites for hydroxylation is 1. The summed E-state index contributed by atoms with van der Waals surface area (Å²) in [5.41, 5.74) is 2.02. The Bertz CT molecular complexity index is 788. The number of pyridine rings is 1. The molecule has 1 aliphatic rings. The molecule has 1 atom stereocenters. The smallest absolute Gasteiger partial charge is 0.317 e. The first-order chi connectivity index (χ1) is 12.6. The van der Waals surface area contributed by atoms with Gasteiger partial charge in [-0.2, -0.15) is 0 Å². The average Bonchev–Trinajstić information content (AvgIpc) is 2.67. The SMILES string of the molecule is Cc1cccc(=O)n1CCCNC(=O)N1CCO[C@H](c2ccccc2)C1. The molecule has 0 saturated carbocycles. The van der Waals surface area contributed by atoms with E-state index in [-0.39, 0.29) is 17.7 Å². The molecule has 1 aromatic carbocycles. The van der Waals surface area contributed by atoms with E-state index in [0.717, 1.165) is 11.3 Å². The zero-order valence-electron chi connectivity index (χ0n) is 15.1. The maximum absolute atomic E-state index is 12.4. The molecule has 2 heterocycles. The molecular weight excluding hydrogens is 330 g/mol. The van der Waals surface area contributed by atoms with Crippen LogP contribution in [0.5, 0.6) is 0 Å². The molecule has 0 aliphatic carbocycles. The molecule has 3 rings (SSSR count). The Morgan fingerprint density at radius 3 is 2.77 bits per heavy atom. The lowest BCUT2D eigenvalue weighted by Crippen LogP contribution is -2.47. The second-order valence-corrected chi connectivity index (χ2v) is 6.46. The highest BCUT2D eigenvalue weighted by Crippen LogP contribution is 2.21. The molecule has 1 aromatic heterocycles. The minimum absolute atomic E-state index is 0.00444. The lowest BCUT2D eigenvalue weighted by molar-refractivity contribution is -0.0154. The van der Waals surface area contributed by atoms with E-state index in [1.54, 1.807) is 21.6 Å². The van der Waals surface area contributed by atoms with Crippen molar-refractivity contribution in [3.05, 3.63) is 70.1 Å². The molecule has 1 fully saturated rings. The zero-order chi connectivity index (χ0) is 18.4. The molecule has 26 heavy (non-hydrogen) atoms. The number of morpholine rings is 1. The van der Waals surface area contributed by atoms with E-state index in [9.17, 15) is 9.59 Å². The van der Waals surface area contributed by atoms with Crippen LogP contribution < -0.4 is 10.9 Å². The highest BCUT2D eigenvalue weighted by molar-refractivity contribution is 5.74. The molecular formula is C20H25N3O3. The lowest BCUT2D eigenvalue weighted by atomic mass is 10.1. The molecule has 6 heteroatoms. The standard InChI is InChI=1S/C20H25N3O3/c1-16-7-5-10-19(24)23(16)12-6-11-21-20(25)22-13-14-26-18(15-22)17-8-3-2-4-9-17/h2-5,7-10,18H,6,11-15H2,1H3,(H,21,25)/t18-/m0/s1. The number of amides is 2. The summed E-state index contributed by atoms with van der Waals surface area (Å²) in [7, 11) is 0. The van der Waals surface area contributed by atoms with Crippen LogP contribution in [0, 0.1) is 6.92 Å². The third-order valence-electron chi connectivity index (χ3n) is 4.63. The van der Waals surface area contributed by atoms with Crippen LogP contribution in [-0.4, -0.2) is 41.7 Å². The number of carbonyl (C=O) groups excluding carboxylic acids is 1. The van der Waals surface area contributed by atoms with Gasteiger partial charge in [0.2, 0.25) is 0 Å².